The summed E-state index contributed by atoms with van der Waals surface area (Å²) in [6.45, 7) is 3.75. The van der Waals surface area contributed by atoms with Crippen LogP contribution in [0.2, 0.25) is 0 Å². The first-order valence-corrected chi connectivity index (χ1v) is 11.9. The summed E-state index contributed by atoms with van der Waals surface area (Å²) < 4.78 is 3.00. The van der Waals surface area contributed by atoms with Crippen LogP contribution in [0.25, 0.3) is 10.9 Å². The van der Waals surface area contributed by atoms with Crippen molar-refractivity contribution in [1.29, 1.82) is 0 Å². The second kappa shape index (κ2) is 9.82. The Kier molecular flexibility index (Phi) is 6.85. The van der Waals surface area contributed by atoms with Crippen LogP contribution in [0.5, 0.6) is 0 Å². The molecule has 34 heavy (non-hydrogen) atoms. The van der Waals surface area contributed by atoms with Gasteiger partial charge in [-0.25, -0.2) is 4.68 Å². The van der Waals surface area contributed by atoms with E-state index in [9.17, 15) is 14.4 Å². The Morgan fingerprint density at radius 1 is 0.794 bits per heavy atom. The van der Waals surface area contributed by atoms with Gasteiger partial charge in [0, 0.05) is 25.7 Å². The number of fused-ring (bicyclic) bond motifs is 1. The van der Waals surface area contributed by atoms with Gasteiger partial charge in [-0.3, -0.25) is 19.8 Å². The first-order chi connectivity index (χ1) is 16.2. The highest BCUT2D eigenvalue weighted by atomic mass is 79.9. The Morgan fingerprint density at radius 2 is 1.53 bits per heavy atom. The largest absolute Gasteiger partial charge is 0.328 e. The van der Waals surface area contributed by atoms with Crippen molar-refractivity contribution in [2.24, 2.45) is 0 Å². The Bertz CT molecular complexity index is 1450. The van der Waals surface area contributed by atoms with Crippen LogP contribution in [0.4, 0.5) is 11.4 Å². The summed E-state index contributed by atoms with van der Waals surface area (Å²) >= 11 is 6.80. The van der Waals surface area contributed by atoms with Crippen molar-refractivity contribution in [3.63, 3.8) is 0 Å². The Morgan fingerprint density at radius 3 is 2.26 bits per heavy atom. The number of carbonyl (C=O) groups excluding carboxylic acids is 3. The molecule has 172 valence electrons. The van der Waals surface area contributed by atoms with Crippen molar-refractivity contribution in [2.75, 3.05) is 16.1 Å². The lowest BCUT2D eigenvalue weighted by Crippen LogP contribution is -2.36. The van der Waals surface area contributed by atoms with E-state index < -0.39 is 17.7 Å². The molecule has 0 aliphatic rings. The number of hydrogen-bond acceptors (Lipinski definition) is 3. The zero-order chi connectivity index (χ0) is 24.4. The molecule has 0 fully saturated rings. The average Bonchev–Trinajstić information content (AvgIpc) is 3.13. The van der Waals surface area contributed by atoms with E-state index in [1.165, 1.54) is 4.68 Å². The molecule has 1 aromatic heterocycles. The molecule has 4 rings (SSSR count). The molecule has 0 saturated carbocycles. The van der Waals surface area contributed by atoms with Gasteiger partial charge in [0.2, 0.25) is 0 Å². The molecule has 0 saturated heterocycles. The van der Waals surface area contributed by atoms with Gasteiger partial charge in [0.25, 0.3) is 5.91 Å². The molecule has 4 aromatic rings. The minimum absolute atomic E-state index is 0.176. The van der Waals surface area contributed by atoms with Crippen molar-refractivity contribution in [1.82, 2.24) is 4.68 Å². The average molecular weight is 584 g/mol. The van der Waals surface area contributed by atoms with E-state index in [0.29, 0.717) is 22.3 Å². The Balaban J connectivity index is 1.63. The van der Waals surface area contributed by atoms with E-state index in [-0.39, 0.29) is 5.69 Å². The van der Waals surface area contributed by atoms with Gasteiger partial charge >= 0.3 is 11.8 Å². The predicted molar refractivity (Wildman–Crippen MR) is 141 cm³/mol. The maximum absolute atomic E-state index is 13.1. The predicted octanol–water partition coefficient (Wildman–Crippen LogP) is 5.74. The molecule has 9 heteroatoms. The van der Waals surface area contributed by atoms with Crippen LogP contribution in [0, 0.1) is 13.8 Å². The number of amides is 3. The molecule has 3 N–H and O–H groups in total. The highest BCUT2D eigenvalue weighted by Crippen LogP contribution is 2.24. The summed E-state index contributed by atoms with van der Waals surface area (Å²) in [6, 6.07) is 19.7. The lowest BCUT2D eigenvalue weighted by atomic mass is 10.2. The van der Waals surface area contributed by atoms with Gasteiger partial charge in [0.15, 0.2) is 0 Å². The zero-order valence-corrected chi connectivity index (χ0v) is 21.5. The van der Waals surface area contributed by atoms with Crippen molar-refractivity contribution in [3.8, 4) is 0 Å². The summed E-state index contributed by atoms with van der Waals surface area (Å²) in [7, 11) is 0. The van der Waals surface area contributed by atoms with Gasteiger partial charge in [-0.1, -0.05) is 44.0 Å². The number of benzene rings is 3. The van der Waals surface area contributed by atoms with Crippen LogP contribution in [0.15, 0.2) is 75.7 Å². The maximum atomic E-state index is 13.1. The Labute approximate surface area is 212 Å². The standard InChI is InChI=1S/C25H20Br2N4O3/c1-14-4-3-5-19(10-14)28-23(32)22-13-16-12-18(27)7-9-21(16)31(22)30-25(34)24(33)29-20-8-6-17(26)11-15(20)2/h3-13H,1-2H3,(H,28,32)(H,29,33)(H,30,34). The molecule has 1 heterocycles. The van der Waals surface area contributed by atoms with E-state index in [2.05, 4.69) is 47.9 Å². The SMILES string of the molecule is Cc1cccc(NC(=O)c2cc3cc(Br)ccc3n2NC(=O)C(=O)Nc2ccc(Br)cc2C)c1. The van der Waals surface area contributed by atoms with Crippen LogP contribution in [0.1, 0.15) is 21.6 Å². The highest BCUT2D eigenvalue weighted by Gasteiger charge is 2.21. The minimum atomic E-state index is -0.910. The fraction of sp³-hybridized carbons (Fsp3) is 0.0800. The first kappa shape index (κ1) is 23.7. The van der Waals surface area contributed by atoms with E-state index in [1.54, 1.807) is 36.4 Å². The van der Waals surface area contributed by atoms with E-state index in [4.69, 9.17) is 0 Å². The molecule has 7 nitrogen and oxygen atoms in total. The number of aryl methyl sites for hydroxylation is 2. The van der Waals surface area contributed by atoms with Crippen molar-refractivity contribution >= 4 is 71.9 Å². The molecule has 0 aliphatic carbocycles. The van der Waals surface area contributed by atoms with E-state index in [1.807, 2.05) is 44.2 Å². The van der Waals surface area contributed by atoms with Gasteiger partial charge < -0.3 is 10.6 Å². The number of aromatic nitrogens is 1. The van der Waals surface area contributed by atoms with E-state index >= 15 is 0 Å². The quantitative estimate of drug-likeness (QED) is 0.267. The molecule has 0 radical (unpaired) electrons. The van der Waals surface area contributed by atoms with Crippen molar-refractivity contribution < 1.29 is 14.4 Å². The van der Waals surface area contributed by atoms with Gasteiger partial charge in [0.1, 0.15) is 5.69 Å². The number of anilines is 2. The van der Waals surface area contributed by atoms with Crippen LogP contribution in [-0.2, 0) is 9.59 Å². The number of rotatable bonds is 4. The Hall–Kier alpha value is -3.43. The number of carbonyl (C=O) groups is 3. The fourth-order valence-electron chi connectivity index (χ4n) is 3.49. The third-order valence-corrected chi connectivity index (χ3v) is 6.11. The van der Waals surface area contributed by atoms with Crippen molar-refractivity contribution in [2.45, 2.75) is 13.8 Å². The smallest absolute Gasteiger partial charge is 0.321 e. The molecule has 3 amide bonds. The summed E-state index contributed by atoms with van der Waals surface area (Å²) in [4.78, 5) is 38.5. The minimum Gasteiger partial charge on any atom is -0.321 e. The summed E-state index contributed by atoms with van der Waals surface area (Å²) in [5, 5.41) is 6.17. The lowest BCUT2D eigenvalue weighted by molar-refractivity contribution is -0.133. The molecule has 0 aliphatic heterocycles. The summed E-state index contributed by atoms with van der Waals surface area (Å²) in [5.41, 5.74) is 6.24. The van der Waals surface area contributed by atoms with Crippen LogP contribution in [0.3, 0.4) is 0 Å². The normalized spacial score (nSPS) is 10.7. The molecule has 0 atom stereocenters. The number of hydrogen-bond donors (Lipinski definition) is 3. The molecule has 3 aromatic carbocycles. The number of nitrogens with one attached hydrogen (secondary N) is 3. The molecule has 0 bridgehead atoms. The maximum Gasteiger partial charge on any atom is 0.328 e. The van der Waals surface area contributed by atoms with Gasteiger partial charge in [-0.15, -0.1) is 0 Å². The number of nitrogens with zero attached hydrogens (tertiary/aromatic N) is 1. The zero-order valence-electron chi connectivity index (χ0n) is 18.3. The monoisotopic (exact) mass is 582 g/mol. The topological polar surface area (TPSA) is 92.2 Å². The fourth-order valence-corrected chi connectivity index (χ4v) is 4.34. The van der Waals surface area contributed by atoms with Crippen molar-refractivity contribution in [3.05, 3.63) is 92.5 Å². The van der Waals surface area contributed by atoms with Gasteiger partial charge in [0.05, 0.1) is 5.52 Å². The van der Waals surface area contributed by atoms with Crippen LogP contribution >= 0.6 is 31.9 Å². The van der Waals surface area contributed by atoms with Gasteiger partial charge in [-0.2, -0.15) is 0 Å². The molecule has 0 spiro atoms. The molecule has 0 unspecified atom stereocenters. The number of halogens is 2. The third kappa shape index (κ3) is 5.21. The third-order valence-electron chi connectivity index (χ3n) is 5.13. The van der Waals surface area contributed by atoms with Crippen LogP contribution in [-0.4, -0.2) is 22.4 Å². The van der Waals surface area contributed by atoms with E-state index in [0.717, 1.165) is 20.1 Å². The summed E-state index contributed by atoms with van der Waals surface area (Å²) in [6.07, 6.45) is 0. The first-order valence-electron chi connectivity index (χ1n) is 10.3. The second-order valence-electron chi connectivity index (χ2n) is 7.75. The molecular formula is C25H20Br2N4O3. The summed E-state index contributed by atoms with van der Waals surface area (Å²) in [5.74, 6) is -2.19. The van der Waals surface area contributed by atoms with Gasteiger partial charge in [-0.05, 0) is 79.6 Å². The lowest BCUT2D eigenvalue weighted by Gasteiger charge is -2.13. The molecular weight excluding hydrogens is 564 g/mol. The second-order valence-corrected chi connectivity index (χ2v) is 9.58. The van der Waals surface area contributed by atoms with Crippen LogP contribution < -0.4 is 16.1 Å². The highest BCUT2D eigenvalue weighted by molar-refractivity contribution is 9.10.